The molecule has 1 aromatic rings. The molecule has 0 N–H and O–H groups in total. The SMILES string of the molecule is COc1ccc(CCCN2CCN(C)CC2)cc1C(C)(C)C. The third kappa shape index (κ3) is 4.72. The van der Waals surface area contributed by atoms with Gasteiger partial charge in [0.1, 0.15) is 5.75 Å². The second kappa shape index (κ2) is 7.47. The lowest BCUT2D eigenvalue weighted by molar-refractivity contribution is 0.153. The van der Waals surface area contributed by atoms with Gasteiger partial charge in [-0.3, -0.25) is 0 Å². The molecule has 1 aliphatic heterocycles. The summed E-state index contributed by atoms with van der Waals surface area (Å²) in [5.41, 5.74) is 2.87. The average molecular weight is 304 g/mol. The number of likely N-dealkylation sites (N-methyl/N-ethyl adjacent to an activating group) is 1. The van der Waals surface area contributed by atoms with Crippen molar-refractivity contribution in [2.24, 2.45) is 0 Å². The molecule has 1 fully saturated rings. The molecular formula is C19H32N2O. The minimum Gasteiger partial charge on any atom is -0.496 e. The van der Waals surface area contributed by atoms with Gasteiger partial charge in [0.2, 0.25) is 0 Å². The monoisotopic (exact) mass is 304 g/mol. The van der Waals surface area contributed by atoms with E-state index in [1.807, 2.05) is 0 Å². The van der Waals surface area contributed by atoms with Gasteiger partial charge in [0.25, 0.3) is 0 Å². The van der Waals surface area contributed by atoms with E-state index in [0.717, 1.165) is 12.2 Å². The lowest BCUT2D eigenvalue weighted by Gasteiger charge is -2.32. The van der Waals surface area contributed by atoms with Crippen molar-refractivity contribution in [2.45, 2.75) is 39.0 Å². The number of piperazine rings is 1. The summed E-state index contributed by atoms with van der Waals surface area (Å²) in [6.45, 7) is 12.8. The van der Waals surface area contributed by atoms with E-state index >= 15 is 0 Å². The van der Waals surface area contributed by atoms with E-state index in [2.05, 4.69) is 55.8 Å². The first-order chi connectivity index (χ1) is 10.4. The molecule has 2 rings (SSSR count). The lowest BCUT2D eigenvalue weighted by Crippen LogP contribution is -2.44. The van der Waals surface area contributed by atoms with Gasteiger partial charge in [0.05, 0.1) is 7.11 Å². The summed E-state index contributed by atoms with van der Waals surface area (Å²) < 4.78 is 5.52. The minimum atomic E-state index is 0.124. The van der Waals surface area contributed by atoms with E-state index in [4.69, 9.17) is 4.74 Å². The molecule has 1 saturated heterocycles. The van der Waals surface area contributed by atoms with Crippen LogP contribution in [0.5, 0.6) is 5.75 Å². The normalized spacial score (nSPS) is 17.7. The molecule has 124 valence electrons. The molecule has 3 heteroatoms. The Morgan fingerprint density at radius 3 is 2.36 bits per heavy atom. The molecule has 0 saturated carbocycles. The van der Waals surface area contributed by atoms with Gasteiger partial charge >= 0.3 is 0 Å². The highest BCUT2D eigenvalue weighted by molar-refractivity contribution is 5.41. The number of aryl methyl sites for hydroxylation is 1. The lowest BCUT2D eigenvalue weighted by atomic mass is 9.85. The van der Waals surface area contributed by atoms with Crippen molar-refractivity contribution < 1.29 is 4.74 Å². The highest BCUT2D eigenvalue weighted by Gasteiger charge is 2.19. The summed E-state index contributed by atoms with van der Waals surface area (Å²) in [6, 6.07) is 6.69. The van der Waals surface area contributed by atoms with Crippen molar-refractivity contribution in [1.82, 2.24) is 9.80 Å². The molecule has 1 heterocycles. The largest absolute Gasteiger partial charge is 0.496 e. The minimum absolute atomic E-state index is 0.124. The third-order valence-corrected chi connectivity index (χ3v) is 4.61. The zero-order valence-corrected chi connectivity index (χ0v) is 15.0. The fourth-order valence-electron chi connectivity index (χ4n) is 3.08. The number of benzene rings is 1. The number of hydrogen-bond donors (Lipinski definition) is 0. The summed E-state index contributed by atoms with van der Waals surface area (Å²) in [4.78, 5) is 5.00. The van der Waals surface area contributed by atoms with Crippen molar-refractivity contribution in [1.29, 1.82) is 0 Å². The van der Waals surface area contributed by atoms with E-state index in [0.29, 0.717) is 0 Å². The molecule has 0 radical (unpaired) electrons. The Labute approximate surface area is 136 Å². The molecule has 1 aromatic carbocycles. The number of hydrogen-bond acceptors (Lipinski definition) is 3. The van der Waals surface area contributed by atoms with E-state index < -0.39 is 0 Å². The number of nitrogens with zero attached hydrogens (tertiary/aromatic N) is 2. The van der Waals surface area contributed by atoms with Crippen molar-refractivity contribution in [3.63, 3.8) is 0 Å². The van der Waals surface area contributed by atoms with Crippen LogP contribution in [0.1, 0.15) is 38.3 Å². The molecular weight excluding hydrogens is 272 g/mol. The Balaban J connectivity index is 1.90. The van der Waals surface area contributed by atoms with Crippen molar-refractivity contribution in [3.8, 4) is 5.75 Å². The quantitative estimate of drug-likeness (QED) is 0.831. The Bertz CT molecular complexity index is 471. The topological polar surface area (TPSA) is 15.7 Å². The highest BCUT2D eigenvalue weighted by Crippen LogP contribution is 2.32. The predicted molar refractivity (Wildman–Crippen MR) is 94.0 cm³/mol. The van der Waals surface area contributed by atoms with Gasteiger partial charge in [0, 0.05) is 26.2 Å². The fourth-order valence-corrected chi connectivity index (χ4v) is 3.08. The first-order valence-corrected chi connectivity index (χ1v) is 8.48. The van der Waals surface area contributed by atoms with Crippen LogP contribution in [0.15, 0.2) is 18.2 Å². The zero-order chi connectivity index (χ0) is 16.2. The van der Waals surface area contributed by atoms with Crippen molar-refractivity contribution in [2.75, 3.05) is 46.9 Å². The van der Waals surface area contributed by atoms with Crippen LogP contribution in [0.25, 0.3) is 0 Å². The first kappa shape index (κ1) is 17.3. The van der Waals surface area contributed by atoms with Gasteiger partial charge in [-0.25, -0.2) is 0 Å². The van der Waals surface area contributed by atoms with Gasteiger partial charge in [-0.1, -0.05) is 32.9 Å². The third-order valence-electron chi connectivity index (χ3n) is 4.61. The van der Waals surface area contributed by atoms with Gasteiger partial charge in [-0.15, -0.1) is 0 Å². The van der Waals surface area contributed by atoms with Crippen LogP contribution in [-0.4, -0.2) is 56.7 Å². The van der Waals surface area contributed by atoms with E-state index in [1.165, 1.54) is 50.3 Å². The molecule has 1 aliphatic rings. The molecule has 0 amide bonds. The molecule has 0 spiro atoms. The van der Waals surface area contributed by atoms with Gasteiger partial charge in [0.15, 0.2) is 0 Å². The number of methoxy groups -OCH3 is 1. The van der Waals surface area contributed by atoms with Crippen LogP contribution in [0.4, 0.5) is 0 Å². The van der Waals surface area contributed by atoms with Gasteiger partial charge in [-0.2, -0.15) is 0 Å². The fraction of sp³-hybridized carbons (Fsp3) is 0.684. The maximum atomic E-state index is 5.52. The Hall–Kier alpha value is -1.06. The molecule has 3 nitrogen and oxygen atoms in total. The van der Waals surface area contributed by atoms with E-state index in [-0.39, 0.29) is 5.41 Å². The zero-order valence-electron chi connectivity index (χ0n) is 15.0. The van der Waals surface area contributed by atoms with Crippen molar-refractivity contribution in [3.05, 3.63) is 29.3 Å². The summed E-state index contributed by atoms with van der Waals surface area (Å²) >= 11 is 0. The van der Waals surface area contributed by atoms with Crippen LogP contribution in [0.2, 0.25) is 0 Å². The molecule has 0 bridgehead atoms. The summed E-state index contributed by atoms with van der Waals surface area (Å²) in [6.07, 6.45) is 2.39. The number of rotatable bonds is 5. The van der Waals surface area contributed by atoms with E-state index in [9.17, 15) is 0 Å². The molecule has 0 aromatic heterocycles. The maximum Gasteiger partial charge on any atom is 0.122 e. The van der Waals surface area contributed by atoms with Gasteiger partial charge in [-0.05, 0) is 49.0 Å². The standard InChI is InChI=1S/C19H32N2O/c1-19(2,3)17-15-16(8-9-18(17)22-5)7-6-10-21-13-11-20(4)12-14-21/h8-9,15H,6-7,10-14H2,1-5H3. The van der Waals surface area contributed by atoms with Crippen LogP contribution in [0.3, 0.4) is 0 Å². The van der Waals surface area contributed by atoms with Crippen LogP contribution >= 0.6 is 0 Å². The first-order valence-electron chi connectivity index (χ1n) is 8.48. The molecule has 0 unspecified atom stereocenters. The summed E-state index contributed by atoms with van der Waals surface area (Å²) in [5.74, 6) is 1.01. The maximum absolute atomic E-state index is 5.52. The smallest absolute Gasteiger partial charge is 0.122 e. The molecule has 22 heavy (non-hydrogen) atoms. The van der Waals surface area contributed by atoms with Crippen molar-refractivity contribution >= 4 is 0 Å². The average Bonchev–Trinajstić information content (AvgIpc) is 2.48. The van der Waals surface area contributed by atoms with Gasteiger partial charge < -0.3 is 14.5 Å². The van der Waals surface area contributed by atoms with Crippen LogP contribution < -0.4 is 4.74 Å². The van der Waals surface area contributed by atoms with E-state index in [1.54, 1.807) is 7.11 Å². The van der Waals surface area contributed by atoms with Crippen LogP contribution in [0, 0.1) is 0 Å². The second-order valence-corrected chi connectivity index (χ2v) is 7.53. The Morgan fingerprint density at radius 1 is 1.09 bits per heavy atom. The highest BCUT2D eigenvalue weighted by atomic mass is 16.5. The molecule has 0 atom stereocenters. The predicted octanol–water partition coefficient (Wildman–Crippen LogP) is 3.17. The Kier molecular flexibility index (Phi) is 5.87. The summed E-state index contributed by atoms with van der Waals surface area (Å²) in [7, 11) is 3.97. The molecule has 0 aliphatic carbocycles. The summed E-state index contributed by atoms with van der Waals surface area (Å²) in [5, 5.41) is 0. The number of ether oxygens (including phenoxy) is 1. The second-order valence-electron chi connectivity index (χ2n) is 7.53. The van der Waals surface area contributed by atoms with Crippen LogP contribution in [-0.2, 0) is 11.8 Å². The Morgan fingerprint density at radius 2 is 1.77 bits per heavy atom.